The van der Waals surface area contributed by atoms with Gasteiger partial charge in [0.2, 0.25) is 5.89 Å². The van der Waals surface area contributed by atoms with Crippen LogP contribution in [0.4, 0.5) is 0 Å². The van der Waals surface area contributed by atoms with Crippen molar-refractivity contribution in [1.29, 1.82) is 0 Å². The van der Waals surface area contributed by atoms with Gasteiger partial charge in [0.05, 0.1) is 23.1 Å². The first-order chi connectivity index (χ1) is 14.2. The zero-order valence-corrected chi connectivity index (χ0v) is 16.8. The summed E-state index contributed by atoms with van der Waals surface area (Å²) < 4.78 is 7.94. The van der Waals surface area contributed by atoms with Crippen molar-refractivity contribution in [2.24, 2.45) is 5.92 Å². The number of nitrogens with zero attached hydrogens (tertiary/aromatic N) is 4. The molecule has 1 aliphatic heterocycles. The lowest BCUT2D eigenvalue weighted by molar-refractivity contribution is 0.175. The molecule has 2 aromatic carbocycles. The Bertz CT molecular complexity index is 1100. The molecule has 1 unspecified atom stereocenters. The van der Waals surface area contributed by atoms with Crippen LogP contribution in [0, 0.1) is 5.92 Å². The molecule has 0 aliphatic carbocycles. The monoisotopic (exact) mass is 386 g/mol. The van der Waals surface area contributed by atoms with Crippen LogP contribution in [0.25, 0.3) is 22.5 Å². The Labute approximate surface area is 171 Å². The summed E-state index contributed by atoms with van der Waals surface area (Å²) in [7, 11) is 0. The molecule has 2 aromatic heterocycles. The molecular formula is C24H26N4O. The number of oxazole rings is 1. The first-order valence-electron chi connectivity index (χ1n) is 10.4. The quantitative estimate of drug-likeness (QED) is 0.486. The van der Waals surface area contributed by atoms with E-state index in [1.807, 2.05) is 24.5 Å². The molecule has 148 valence electrons. The van der Waals surface area contributed by atoms with Gasteiger partial charge in [-0.25, -0.2) is 9.97 Å². The molecule has 29 heavy (non-hydrogen) atoms. The number of rotatable bonds is 5. The van der Waals surface area contributed by atoms with Gasteiger partial charge in [0.15, 0.2) is 0 Å². The van der Waals surface area contributed by atoms with Gasteiger partial charge in [-0.1, -0.05) is 31.2 Å². The van der Waals surface area contributed by atoms with Gasteiger partial charge in [-0.3, -0.25) is 4.90 Å². The van der Waals surface area contributed by atoms with Gasteiger partial charge >= 0.3 is 0 Å². The Kier molecular flexibility index (Phi) is 4.90. The molecule has 5 heteroatoms. The Morgan fingerprint density at radius 3 is 2.79 bits per heavy atom. The van der Waals surface area contributed by atoms with Gasteiger partial charge in [0, 0.05) is 25.2 Å². The highest BCUT2D eigenvalue weighted by Crippen LogP contribution is 2.23. The zero-order chi connectivity index (χ0) is 19.6. The summed E-state index contributed by atoms with van der Waals surface area (Å²) in [6, 6.07) is 16.7. The maximum atomic E-state index is 5.77. The summed E-state index contributed by atoms with van der Waals surface area (Å²) in [5.74, 6) is 1.47. The third-order valence-electron chi connectivity index (χ3n) is 5.76. The second kappa shape index (κ2) is 7.84. The molecule has 0 saturated carbocycles. The van der Waals surface area contributed by atoms with Crippen LogP contribution < -0.4 is 0 Å². The van der Waals surface area contributed by atoms with Crippen molar-refractivity contribution >= 4 is 11.0 Å². The van der Waals surface area contributed by atoms with E-state index in [1.165, 1.54) is 18.4 Å². The van der Waals surface area contributed by atoms with Crippen molar-refractivity contribution in [3.8, 4) is 11.5 Å². The van der Waals surface area contributed by atoms with Gasteiger partial charge in [-0.05, 0) is 55.1 Å². The zero-order valence-electron chi connectivity index (χ0n) is 16.8. The van der Waals surface area contributed by atoms with E-state index < -0.39 is 0 Å². The smallest absolute Gasteiger partial charge is 0.226 e. The van der Waals surface area contributed by atoms with E-state index in [2.05, 4.69) is 51.7 Å². The summed E-state index contributed by atoms with van der Waals surface area (Å²) in [4.78, 5) is 11.7. The van der Waals surface area contributed by atoms with E-state index in [-0.39, 0.29) is 0 Å². The lowest BCUT2D eigenvalue weighted by atomic mass is 10.0. The summed E-state index contributed by atoms with van der Waals surface area (Å²) in [5, 5.41) is 0. The largest absolute Gasteiger partial charge is 0.444 e. The maximum absolute atomic E-state index is 5.77. The molecule has 1 aliphatic rings. The predicted octanol–water partition coefficient (Wildman–Crippen LogP) is 4.97. The Morgan fingerprint density at radius 2 is 1.93 bits per heavy atom. The Balaban J connectivity index is 1.27. The summed E-state index contributed by atoms with van der Waals surface area (Å²) >= 11 is 0. The van der Waals surface area contributed by atoms with E-state index in [0.29, 0.717) is 5.89 Å². The average molecular weight is 386 g/mol. The lowest BCUT2D eigenvalue weighted by Gasteiger charge is -2.29. The average Bonchev–Trinajstić information content (AvgIpc) is 3.36. The molecule has 0 spiro atoms. The standard InChI is InChI=1S/C24H26N4O/c1-18-5-4-12-27(13-18)15-21-16-29-24(26-21)20-10-8-19(9-11-20)14-28-17-25-22-6-2-3-7-23(22)28/h2-3,6-11,16-18H,4-5,12-15H2,1H3. The first kappa shape index (κ1) is 18.1. The summed E-state index contributed by atoms with van der Waals surface area (Å²) in [5.41, 5.74) is 5.44. The first-order valence-corrected chi connectivity index (χ1v) is 10.4. The van der Waals surface area contributed by atoms with Crippen molar-refractivity contribution in [3.63, 3.8) is 0 Å². The van der Waals surface area contributed by atoms with Crippen molar-refractivity contribution in [1.82, 2.24) is 19.4 Å². The molecule has 4 aromatic rings. The summed E-state index contributed by atoms with van der Waals surface area (Å²) in [6.45, 7) is 6.31. The van der Waals surface area contributed by atoms with E-state index in [0.717, 1.165) is 54.4 Å². The molecule has 5 rings (SSSR count). The van der Waals surface area contributed by atoms with E-state index >= 15 is 0 Å². The number of aromatic nitrogens is 3. The number of piperidine rings is 1. The molecule has 0 amide bonds. The Hall–Kier alpha value is -2.92. The number of imidazole rings is 1. The highest BCUT2D eigenvalue weighted by molar-refractivity contribution is 5.75. The third kappa shape index (κ3) is 3.96. The van der Waals surface area contributed by atoms with Gasteiger partial charge < -0.3 is 8.98 Å². The van der Waals surface area contributed by atoms with Crippen molar-refractivity contribution < 1.29 is 4.42 Å². The molecule has 3 heterocycles. The second-order valence-corrected chi connectivity index (χ2v) is 8.18. The van der Waals surface area contributed by atoms with E-state index in [9.17, 15) is 0 Å². The van der Waals surface area contributed by atoms with Gasteiger partial charge in [0.1, 0.15) is 6.26 Å². The highest BCUT2D eigenvalue weighted by Gasteiger charge is 2.18. The molecule has 0 N–H and O–H groups in total. The highest BCUT2D eigenvalue weighted by atomic mass is 16.3. The number of benzene rings is 2. The van der Waals surface area contributed by atoms with Gasteiger partial charge in [-0.15, -0.1) is 0 Å². The van der Waals surface area contributed by atoms with Crippen LogP contribution in [0.1, 0.15) is 31.0 Å². The molecular weight excluding hydrogens is 360 g/mol. The number of fused-ring (bicyclic) bond motifs is 1. The fourth-order valence-corrected chi connectivity index (χ4v) is 4.26. The van der Waals surface area contributed by atoms with Crippen molar-refractivity contribution in [2.75, 3.05) is 13.1 Å². The van der Waals surface area contributed by atoms with Crippen LogP contribution in [0.15, 0.2) is 65.5 Å². The van der Waals surface area contributed by atoms with E-state index in [4.69, 9.17) is 9.40 Å². The SMILES string of the molecule is CC1CCCN(Cc2coc(-c3ccc(Cn4cnc5ccccc54)cc3)n2)C1. The minimum absolute atomic E-state index is 0.699. The fourth-order valence-electron chi connectivity index (χ4n) is 4.26. The normalized spacial score (nSPS) is 17.8. The molecule has 5 nitrogen and oxygen atoms in total. The lowest BCUT2D eigenvalue weighted by Crippen LogP contribution is -2.33. The topological polar surface area (TPSA) is 47.1 Å². The van der Waals surface area contributed by atoms with Crippen LogP contribution in [-0.2, 0) is 13.1 Å². The van der Waals surface area contributed by atoms with Crippen LogP contribution in [-0.4, -0.2) is 32.5 Å². The minimum atomic E-state index is 0.699. The number of likely N-dealkylation sites (tertiary alicyclic amines) is 1. The molecule has 0 radical (unpaired) electrons. The molecule has 1 saturated heterocycles. The Morgan fingerprint density at radius 1 is 1.07 bits per heavy atom. The van der Waals surface area contributed by atoms with E-state index in [1.54, 1.807) is 6.26 Å². The third-order valence-corrected chi connectivity index (χ3v) is 5.76. The number of para-hydroxylation sites is 2. The molecule has 1 fully saturated rings. The predicted molar refractivity (Wildman–Crippen MR) is 114 cm³/mol. The summed E-state index contributed by atoms with van der Waals surface area (Å²) in [6.07, 6.45) is 6.32. The fraction of sp³-hybridized carbons (Fsp3) is 0.333. The molecule has 1 atom stereocenters. The van der Waals surface area contributed by atoms with Gasteiger partial charge in [0.25, 0.3) is 0 Å². The van der Waals surface area contributed by atoms with Crippen LogP contribution in [0.2, 0.25) is 0 Å². The van der Waals surface area contributed by atoms with Crippen molar-refractivity contribution in [2.45, 2.75) is 32.9 Å². The van der Waals surface area contributed by atoms with Crippen LogP contribution in [0.5, 0.6) is 0 Å². The maximum Gasteiger partial charge on any atom is 0.226 e. The second-order valence-electron chi connectivity index (χ2n) is 8.18. The van der Waals surface area contributed by atoms with Crippen molar-refractivity contribution in [3.05, 3.63) is 72.4 Å². The number of hydrogen-bond acceptors (Lipinski definition) is 4. The molecule has 0 bridgehead atoms. The number of hydrogen-bond donors (Lipinski definition) is 0. The minimum Gasteiger partial charge on any atom is -0.444 e. The van der Waals surface area contributed by atoms with Crippen LogP contribution >= 0.6 is 0 Å². The van der Waals surface area contributed by atoms with Gasteiger partial charge in [-0.2, -0.15) is 0 Å². The van der Waals surface area contributed by atoms with Crippen LogP contribution in [0.3, 0.4) is 0 Å².